The van der Waals surface area contributed by atoms with E-state index in [1.165, 1.54) is 33.4 Å². The third-order valence-electron chi connectivity index (χ3n) is 5.60. The minimum atomic E-state index is 0.264. The number of rotatable bonds is 13. The lowest BCUT2D eigenvalue weighted by Gasteiger charge is -2.10. The fourth-order valence-electron chi connectivity index (χ4n) is 3.37. The highest BCUT2D eigenvalue weighted by Crippen LogP contribution is 2.21. The SMILES string of the molecule is CC(C)OCc1ccc(-c2ccc(COC(C)C)cc2)cc1.CC(C)OCc1ccc(COC(C)C)cc1. The highest BCUT2D eigenvalue weighted by atomic mass is 16.5. The van der Waals surface area contributed by atoms with E-state index in [9.17, 15) is 0 Å². The zero-order valence-corrected chi connectivity index (χ0v) is 24.7. The van der Waals surface area contributed by atoms with Gasteiger partial charge in [-0.3, -0.25) is 0 Å². The second-order valence-electron chi connectivity index (χ2n) is 10.6. The molecule has 0 atom stereocenters. The number of hydrogen-bond donors (Lipinski definition) is 0. The van der Waals surface area contributed by atoms with Gasteiger partial charge in [-0.05, 0) is 88.8 Å². The molecule has 0 unspecified atom stereocenters. The molecule has 0 radical (unpaired) electrons. The van der Waals surface area contributed by atoms with E-state index in [1.807, 2.05) is 27.7 Å². The number of hydrogen-bond acceptors (Lipinski definition) is 4. The molecule has 0 saturated heterocycles. The molecule has 0 aromatic heterocycles. The summed E-state index contributed by atoms with van der Waals surface area (Å²) >= 11 is 0. The summed E-state index contributed by atoms with van der Waals surface area (Å²) in [5, 5.41) is 0. The zero-order chi connectivity index (χ0) is 27.9. The third kappa shape index (κ3) is 13.3. The lowest BCUT2D eigenvalue weighted by atomic mass is 10.0. The van der Waals surface area contributed by atoms with E-state index >= 15 is 0 Å². The maximum absolute atomic E-state index is 5.62. The molecule has 4 nitrogen and oxygen atoms in total. The van der Waals surface area contributed by atoms with Crippen molar-refractivity contribution in [2.75, 3.05) is 0 Å². The maximum Gasteiger partial charge on any atom is 0.0720 e. The van der Waals surface area contributed by atoms with Crippen molar-refractivity contribution in [1.82, 2.24) is 0 Å². The largest absolute Gasteiger partial charge is 0.374 e. The van der Waals surface area contributed by atoms with Gasteiger partial charge in [0.25, 0.3) is 0 Å². The fraction of sp³-hybridized carbons (Fsp3) is 0.471. The van der Waals surface area contributed by atoms with Crippen molar-refractivity contribution in [3.05, 3.63) is 95.1 Å². The van der Waals surface area contributed by atoms with Crippen LogP contribution in [0.5, 0.6) is 0 Å². The first kappa shape index (κ1) is 31.7. The van der Waals surface area contributed by atoms with Gasteiger partial charge < -0.3 is 18.9 Å². The van der Waals surface area contributed by atoms with Gasteiger partial charge in [-0.25, -0.2) is 0 Å². The molecule has 0 aliphatic rings. The van der Waals surface area contributed by atoms with Gasteiger partial charge in [0.05, 0.1) is 50.8 Å². The quantitative estimate of drug-likeness (QED) is 0.226. The van der Waals surface area contributed by atoms with E-state index in [0.29, 0.717) is 26.4 Å². The number of benzene rings is 3. The van der Waals surface area contributed by atoms with E-state index < -0.39 is 0 Å². The lowest BCUT2D eigenvalue weighted by Crippen LogP contribution is -2.03. The first-order valence-electron chi connectivity index (χ1n) is 13.8. The van der Waals surface area contributed by atoms with Gasteiger partial charge in [0.1, 0.15) is 0 Å². The van der Waals surface area contributed by atoms with E-state index in [1.54, 1.807) is 0 Å². The summed E-state index contributed by atoms with van der Waals surface area (Å²) in [5.41, 5.74) is 7.29. The molecule has 38 heavy (non-hydrogen) atoms. The summed E-state index contributed by atoms with van der Waals surface area (Å²) in [6, 6.07) is 25.5. The molecule has 0 aliphatic carbocycles. The van der Waals surface area contributed by atoms with Crippen LogP contribution >= 0.6 is 0 Å². The van der Waals surface area contributed by atoms with Crippen LogP contribution in [0.15, 0.2) is 72.8 Å². The Kier molecular flexibility index (Phi) is 14.3. The molecule has 0 fully saturated rings. The van der Waals surface area contributed by atoms with Crippen LogP contribution in [0.25, 0.3) is 11.1 Å². The monoisotopic (exact) mass is 520 g/mol. The Morgan fingerprint density at radius 3 is 0.711 bits per heavy atom. The Balaban J connectivity index is 0.000000281. The van der Waals surface area contributed by atoms with Gasteiger partial charge in [-0.15, -0.1) is 0 Å². The molecule has 4 heteroatoms. The van der Waals surface area contributed by atoms with E-state index in [2.05, 4.69) is 100 Å². The van der Waals surface area contributed by atoms with Crippen molar-refractivity contribution in [3.8, 4) is 11.1 Å². The first-order chi connectivity index (χ1) is 18.1. The van der Waals surface area contributed by atoms with Crippen molar-refractivity contribution in [2.45, 2.75) is 106 Å². The molecular formula is C34H48O4. The Bertz CT molecular complexity index is 919. The van der Waals surface area contributed by atoms with E-state index in [-0.39, 0.29) is 24.4 Å². The molecule has 0 bridgehead atoms. The average molecular weight is 521 g/mol. The van der Waals surface area contributed by atoms with Gasteiger partial charge in [-0.2, -0.15) is 0 Å². The normalized spacial score (nSPS) is 11.4. The Hall–Kier alpha value is -2.50. The van der Waals surface area contributed by atoms with Gasteiger partial charge in [0.2, 0.25) is 0 Å². The third-order valence-corrected chi connectivity index (χ3v) is 5.60. The van der Waals surface area contributed by atoms with Crippen molar-refractivity contribution < 1.29 is 18.9 Å². The Morgan fingerprint density at radius 2 is 0.526 bits per heavy atom. The van der Waals surface area contributed by atoms with Crippen LogP contribution in [0.2, 0.25) is 0 Å². The smallest absolute Gasteiger partial charge is 0.0720 e. The van der Waals surface area contributed by atoms with Crippen molar-refractivity contribution >= 4 is 0 Å². The fourth-order valence-corrected chi connectivity index (χ4v) is 3.37. The molecule has 3 rings (SSSR count). The molecule has 0 amide bonds. The van der Waals surface area contributed by atoms with E-state index in [4.69, 9.17) is 18.9 Å². The van der Waals surface area contributed by atoms with Crippen LogP contribution in [0.3, 0.4) is 0 Å². The van der Waals surface area contributed by atoms with Crippen molar-refractivity contribution in [3.63, 3.8) is 0 Å². The molecule has 3 aromatic rings. The summed E-state index contributed by atoms with van der Waals surface area (Å²) in [6.07, 6.45) is 1.09. The minimum Gasteiger partial charge on any atom is -0.374 e. The first-order valence-corrected chi connectivity index (χ1v) is 13.8. The lowest BCUT2D eigenvalue weighted by molar-refractivity contribution is 0.0639. The van der Waals surface area contributed by atoms with Crippen LogP contribution in [0, 0.1) is 0 Å². The number of ether oxygens (including phenoxy) is 4. The van der Waals surface area contributed by atoms with Crippen LogP contribution in [0.4, 0.5) is 0 Å². The summed E-state index contributed by atoms with van der Waals surface area (Å²) in [6.45, 7) is 19.1. The molecule has 0 aliphatic heterocycles. The molecule has 0 N–H and O–H groups in total. The van der Waals surface area contributed by atoms with Crippen LogP contribution in [0.1, 0.15) is 77.6 Å². The highest BCUT2D eigenvalue weighted by molar-refractivity contribution is 5.63. The predicted molar refractivity (Wildman–Crippen MR) is 158 cm³/mol. The molecule has 208 valence electrons. The summed E-state index contributed by atoms with van der Waals surface area (Å²) in [4.78, 5) is 0. The molecule has 3 aromatic carbocycles. The van der Waals surface area contributed by atoms with E-state index in [0.717, 1.165) is 0 Å². The molecule has 0 heterocycles. The molecular weight excluding hydrogens is 472 g/mol. The molecule has 0 spiro atoms. The Morgan fingerprint density at radius 1 is 0.342 bits per heavy atom. The highest BCUT2D eigenvalue weighted by Gasteiger charge is 2.02. The minimum absolute atomic E-state index is 0.264. The summed E-state index contributed by atoms with van der Waals surface area (Å²) in [7, 11) is 0. The average Bonchev–Trinajstić information content (AvgIpc) is 2.90. The summed E-state index contributed by atoms with van der Waals surface area (Å²) < 4.78 is 22.3. The second kappa shape index (κ2) is 17.2. The van der Waals surface area contributed by atoms with Crippen molar-refractivity contribution in [1.29, 1.82) is 0 Å². The van der Waals surface area contributed by atoms with Gasteiger partial charge in [0.15, 0.2) is 0 Å². The maximum atomic E-state index is 5.62. The standard InChI is InChI=1S/C20H26O2.C14H22O2/c1-15(2)21-13-17-5-9-19(10-6-17)20-11-7-18(8-12-20)14-22-16(3)4;1-11(2)15-9-13-5-7-14(8-6-13)10-16-12(3)4/h5-12,15-16H,13-14H2,1-4H3;5-8,11-12H,9-10H2,1-4H3. The van der Waals surface area contributed by atoms with Crippen LogP contribution < -0.4 is 0 Å². The Labute approximate surface area is 231 Å². The van der Waals surface area contributed by atoms with Gasteiger partial charge in [0, 0.05) is 0 Å². The van der Waals surface area contributed by atoms with Gasteiger partial charge >= 0.3 is 0 Å². The zero-order valence-electron chi connectivity index (χ0n) is 24.7. The van der Waals surface area contributed by atoms with Gasteiger partial charge in [-0.1, -0.05) is 72.8 Å². The topological polar surface area (TPSA) is 36.9 Å². The van der Waals surface area contributed by atoms with Crippen LogP contribution in [-0.2, 0) is 45.4 Å². The second-order valence-corrected chi connectivity index (χ2v) is 10.6. The summed E-state index contributed by atoms with van der Waals surface area (Å²) in [5.74, 6) is 0. The molecule has 0 saturated carbocycles. The van der Waals surface area contributed by atoms with Crippen molar-refractivity contribution in [2.24, 2.45) is 0 Å². The predicted octanol–water partition coefficient (Wildman–Crippen LogP) is 8.74. The van der Waals surface area contributed by atoms with Crippen LogP contribution in [-0.4, -0.2) is 24.4 Å².